The van der Waals surface area contributed by atoms with Crippen molar-refractivity contribution in [3.63, 3.8) is 0 Å². The molecular formula is C38H73N5O10. The van der Waals surface area contributed by atoms with Crippen LogP contribution < -0.4 is 26.6 Å². The van der Waals surface area contributed by atoms with Gasteiger partial charge in [0.15, 0.2) is 0 Å². The molecule has 1 unspecified atom stereocenters. The van der Waals surface area contributed by atoms with E-state index in [0.717, 1.165) is 51.4 Å². The van der Waals surface area contributed by atoms with Gasteiger partial charge in [0.2, 0.25) is 23.6 Å². The second-order valence-corrected chi connectivity index (χ2v) is 13.1. The summed E-state index contributed by atoms with van der Waals surface area (Å²) in [6.45, 7) is 4.28. The van der Waals surface area contributed by atoms with Crippen LogP contribution in [0, 0.1) is 0 Å². The Morgan fingerprint density at radius 2 is 0.849 bits per heavy atom. The third-order valence-corrected chi connectivity index (χ3v) is 8.53. The fraction of sp³-hybridized carbons (Fsp3) is 0.868. The largest absolute Gasteiger partial charge is 0.481 e. The Hall–Kier alpha value is -2.85. The van der Waals surface area contributed by atoms with Crippen molar-refractivity contribution in [3.05, 3.63) is 0 Å². The van der Waals surface area contributed by atoms with E-state index in [1.807, 2.05) is 0 Å². The van der Waals surface area contributed by atoms with Gasteiger partial charge >= 0.3 is 5.97 Å². The Bertz CT molecular complexity index is 928. The number of hydrogen-bond donors (Lipinski definition) is 6. The summed E-state index contributed by atoms with van der Waals surface area (Å²) in [5.74, 6) is -0.878. The van der Waals surface area contributed by atoms with Crippen molar-refractivity contribution in [3.8, 4) is 0 Å². The lowest BCUT2D eigenvalue weighted by molar-refractivity contribution is -0.137. The number of rotatable bonds is 40. The van der Waals surface area contributed by atoms with Gasteiger partial charge in [0, 0.05) is 52.4 Å². The molecule has 0 aromatic carbocycles. The number of carboxylic acid groups (broad SMARTS) is 1. The van der Waals surface area contributed by atoms with Crippen molar-refractivity contribution >= 4 is 29.6 Å². The number of unbranched alkanes of at least 4 members (excludes halogenated alkanes) is 12. The van der Waals surface area contributed by atoms with Gasteiger partial charge in [-0.05, 0) is 39.2 Å². The summed E-state index contributed by atoms with van der Waals surface area (Å²) in [6.07, 6.45) is 17.1. The van der Waals surface area contributed by atoms with Crippen molar-refractivity contribution in [2.75, 3.05) is 86.6 Å². The highest BCUT2D eigenvalue weighted by molar-refractivity contribution is 5.81. The molecule has 6 N–H and O–H groups in total. The van der Waals surface area contributed by atoms with Crippen LogP contribution in [0.5, 0.6) is 0 Å². The Kier molecular flexibility index (Phi) is 36.8. The van der Waals surface area contributed by atoms with Crippen LogP contribution in [0.1, 0.15) is 122 Å². The average Bonchev–Trinajstić information content (AvgIpc) is 3.14. The van der Waals surface area contributed by atoms with Crippen LogP contribution >= 0.6 is 0 Å². The number of carbonyl (C=O) groups excluding carboxylic acids is 4. The molecular weight excluding hydrogens is 686 g/mol. The van der Waals surface area contributed by atoms with Crippen LogP contribution in [0.2, 0.25) is 0 Å². The van der Waals surface area contributed by atoms with Crippen molar-refractivity contribution in [1.82, 2.24) is 26.6 Å². The number of likely N-dealkylation sites (N-methyl/N-ethyl adjacent to an activating group) is 2. The van der Waals surface area contributed by atoms with Gasteiger partial charge in [-0.3, -0.25) is 24.0 Å². The Balaban J connectivity index is 3.36. The number of hydrogen-bond acceptors (Lipinski definition) is 10. The second kappa shape index (κ2) is 38.9. The maximum Gasteiger partial charge on any atom is 0.303 e. The van der Waals surface area contributed by atoms with Gasteiger partial charge in [-0.1, -0.05) is 64.2 Å². The average molecular weight is 760 g/mol. The molecule has 0 aliphatic rings. The highest BCUT2D eigenvalue weighted by Crippen LogP contribution is 2.13. The van der Waals surface area contributed by atoms with Crippen LogP contribution in [-0.4, -0.2) is 127 Å². The molecule has 0 radical (unpaired) electrons. The van der Waals surface area contributed by atoms with Gasteiger partial charge in [0.25, 0.3) is 0 Å². The molecule has 0 aliphatic heterocycles. The molecule has 0 saturated heterocycles. The first-order valence-corrected chi connectivity index (χ1v) is 20.0. The zero-order valence-corrected chi connectivity index (χ0v) is 32.9. The normalized spacial score (nSPS) is 11.6. The molecule has 0 spiro atoms. The third-order valence-electron chi connectivity index (χ3n) is 8.53. The molecule has 0 rings (SSSR count). The Morgan fingerprint density at radius 3 is 1.28 bits per heavy atom. The van der Waals surface area contributed by atoms with E-state index in [1.165, 1.54) is 38.5 Å². The van der Waals surface area contributed by atoms with Crippen LogP contribution in [0.3, 0.4) is 0 Å². The quantitative estimate of drug-likeness (QED) is 0.0501. The molecule has 15 nitrogen and oxygen atoms in total. The van der Waals surface area contributed by atoms with Gasteiger partial charge in [0.05, 0.1) is 58.9 Å². The minimum atomic E-state index is -0.699. The fourth-order valence-corrected chi connectivity index (χ4v) is 5.38. The van der Waals surface area contributed by atoms with Crippen LogP contribution in [-0.2, 0) is 42.9 Å². The minimum absolute atomic E-state index is 0.0355. The highest BCUT2D eigenvalue weighted by Gasteiger charge is 2.13. The molecule has 15 heteroatoms. The summed E-state index contributed by atoms with van der Waals surface area (Å²) < 4.78 is 21.8. The second-order valence-electron chi connectivity index (χ2n) is 13.1. The standard InChI is InChI=1S/C38H73N5O10/c1-39-33(38(49)40-2)17-15-16-22-41-35(45)20-25-50-29-32-53-28-24-43-36(46)21-26-51-30-31-52-27-23-42-34(44)18-13-11-9-7-5-3-4-6-8-10-12-14-19-37(47)48/h33,39H,3-32H2,1-2H3,(H,40,49)(H,41,45)(H,42,44)(H,43,46)(H,47,48). The fourth-order valence-electron chi connectivity index (χ4n) is 5.38. The van der Waals surface area contributed by atoms with Crippen LogP contribution in [0.15, 0.2) is 0 Å². The summed E-state index contributed by atoms with van der Waals surface area (Å²) in [6, 6.07) is -0.217. The zero-order valence-electron chi connectivity index (χ0n) is 32.9. The molecule has 0 aromatic heterocycles. The van der Waals surface area contributed by atoms with Crippen molar-refractivity contribution in [2.45, 2.75) is 128 Å². The predicted molar refractivity (Wildman–Crippen MR) is 205 cm³/mol. The number of aliphatic carboxylic acids is 1. The molecule has 0 heterocycles. The van der Waals surface area contributed by atoms with Crippen LogP contribution in [0.4, 0.5) is 0 Å². The summed E-state index contributed by atoms with van der Waals surface area (Å²) >= 11 is 0. The monoisotopic (exact) mass is 760 g/mol. The maximum atomic E-state index is 12.0. The molecule has 0 saturated carbocycles. The number of carboxylic acids is 1. The predicted octanol–water partition coefficient (Wildman–Crippen LogP) is 3.23. The third kappa shape index (κ3) is 37.3. The Labute approximate surface area is 318 Å². The van der Waals surface area contributed by atoms with E-state index in [9.17, 15) is 24.0 Å². The lowest BCUT2D eigenvalue weighted by atomic mass is 10.0. The van der Waals surface area contributed by atoms with Gasteiger partial charge < -0.3 is 50.6 Å². The lowest BCUT2D eigenvalue weighted by Crippen LogP contribution is -2.41. The van der Waals surface area contributed by atoms with Crippen molar-refractivity contribution < 1.29 is 48.0 Å². The van der Waals surface area contributed by atoms with E-state index >= 15 is 0 Å². The summed E-state index contributed by atoms with van der Waals surface area (Å²) in [5.41, 5.74) is 0. The van der Waals surface area contributed by atoms with Crippen molar-refractivity contribution in [2.24, 2.45) is 0 Å². The lowest BCUT2D eigenvalue weighted by Gasteiger charge is -2.14. The molecule has 0 fully saturated rings. The highest BCUT2D eigenvalue weighted by atomic mass is 16.5. The SMILES string of the molecule is CNC(=O)C(CCCCNC(=O)CCOCCOCCNC(=O)CCOCCOCCNC(=O)CCCCCCCCCCCCCCC(=O)O)NC. The topological polar surface area (TPSA) is 203 Å². The number of ether oxygens (including phenoxy) is 4. The molecule has 0 aliphatic carbocycles. The van der Waals surface area contributed by atoms with Gasteiger partial charge in [-0.2, -0.15) is 0 Å². The molecule has 1 atom stereocenters. The van der Waals surface area contributed by atoms with Gasteiger partial charge in [-0.15, -0.1) is 0 Å². The molecule has 4 amide bonds. The van der Waals surface area contributed by atoms with E-state index in [-0.39, 0.29) is 48.9 Å². The first-order valence-electron chi connectivity index (χ1n) is 20.0. The van der Waals surface area contributed by atoms with E-state index in [2.05, 4.69) is 26.6 Å². The summed E-state index contributed by atoms with van der Waals surface area (Å²) in [7, 11) is 3.37. The molecule has 53 heavy (non-hydrogen) atoms. The summed E-state index contributed by atoms with van der Waals surface area (Å²) in [4.78, 5) is 57.9. The Morgan fingerprint density at radius 1 is 0.453 bits per heavy atom. The van der Waals surface area contributed by atoms with E-state index in [1.54, 1.807) is 14.1 Å². The van der Waals surface area contributed by atoms with E-state index in [0.29, 0.717) is 85.3 Å². The minimum Gasteiger partial charge on any atom is -0.481 e. The van der Waals surface area contributed by atoms with E-state index in [4.69, 9.17) is 24.1 Å². The molecule has 310 valence electrons. The smallest absolute Gasteiger partial charge is 0.303 e. The van der Waals surface area contributed by atoms with Gasteiger partial charge in [0.1, 0.15) is 0 Å². The number of carbonyl (C=O) groups is 5. The molecule has 0 bridgehead atoms. The van der Waals surface area contributed by atoms with Crippen LogP contribution in [0.25, 0.3) is 0 Å². The van der Waals surface area contributed by atoms with Crippen molar-refractivity contribution in [1.29, 1.82) is 0 Å². The summed E-state index contributed by atoms with van der Waals surface area (Å²) in [5, 5.41) is 22.7. The zero-order chi connectivity index (χ0) is 39.0. The molecule has 0 aromatic rings. The van der Waals surface area contributed by atoms with Gasteiger partial charge in [-0.25, -0.2) is 0 Å². The number of nitrogens with one attached hydrogen (secondary N) is 5. The maximum absolute atomic E-state index is 12.0. The number of amides is 4. The first-order chi connectivity index (χ1) is 25.8. The first kappa shape index (κ1) is 50.1. The van der Waals surface area contributed by atoms with E-state index < -0.39 is 5.97 Å².